The quantitative estimate of drug-likeness (QED) is 0.493. The van der Waals surface area contributed by atoms with Crippen molar-refractivity contribution in [3.8, 4) is 0 Å². The molecule has 0 aromatic heterocycles. The van der Waals surface area contributed by atoms with Crippen molar-refractivity contribution < 1.29 is 29.9 Å². The molecular formula is C15H21FNOPd-. The van der Waals surface area contributed by atoms with E-state index in [1.165, 1.54) is 6.07 Å². The Balaban J connectivity index is 0. The van der Waals surface area contributed by atoms with Crippen LogP contribution < -0.4 is 0 Å². The van der Waals surface area contributed by atoms with E-state index in [0.717, 1.165) is 6.42 Å². The summed E-state index contributed by atoms with van der Waals surface area (Å²) < 4.78 is 13.4. The Bertz CT molecular complexity index is 444. The summed E-state index contributed by atoms with van der Waals surface area (Å²) in [6.45, 7) is 5.43. The first-order valence-electron chi connectivity index (χ1n) is 5.73. The molecule has 0 aliphatic heterocycles. The average Bonchev–Trinajstić information content (AvgIpc) is 2.33. The Labute approximate surface area is 129 Å². The predicted molar refractivity (Wildman–Crippen MR) is 75.1 cm³/mol. The van der Waals surface area contributed by atoms with Crippen LogP contribution in [0.25, 0.3) is 0 Å². The second-order valence-electron chi connectivity index (χ2n) is 3.79. The van der Waals surface area contributed by atoms with Gasteiger partial charge >= 0.3 is 0 Å². The van der Waals surface area contributed by atoms with Gasteiger partial charge in [-0.3, -0.25) is 4.99 Å². The predicted octanol–water partition coefficient (Wildman–Crippen LogP) is 4.00. The number of halogens is 1. The molecular weight excluding hydrogens is 336 g/mol. The van der Waals surface area contributed by atoms with Gasteiger partial charge in [-0.25, -0.2) is 4.39 Å². The Hall–Kier alpha value is -0.818. The standard InChI is InChI=1S/C14H18FNO.CH3.Pd/c1-4-9-16-13(5-2)14(17)11-7-6-8-12(15)10(11)3;;/h5-9,14,17H,4H2,1-3H3;1H3;/q;-1;/b13-5-,16-9?;;. The molecule has 1 unspecified atom stereocenters. The first-order chi connectivity index (χ1) is 8.11. The summed E-state index contributed by atoms with van der Waals surface area (Å²) in [5.74, 6) is -0.309. The van der Waals surface area contributed by atoms with Crippen LogP contribution in [0.5, 0.6) is 0 Å². The van der Waals surface area contributed by atoms with E-state index >= 15 is 0 Å². The molecule has 4 heteroatoms. The van der Waals surface area contributed by atoms with Gasteiger partial charge in [0.15, 0.2) is 0 Å². The average molecular weight is 357 g/mol. The number of hydrogen-bond acceptors (Lipinski definition) is 2. The summed E-state index contributed by atoms with van der Waals surface area (Å²) >= 11 is 0. The largest absolute Gasteiger partial charge is 0.382 e. The molecule has 0 heterocycles. The minimum absolute atomic E-state index is 0. The SMILES string of the molecule is C/C=C(\N=CCC)C(O)c1cccc(F)c1C.[CH3-].[Pd]. The van der Waals surface area contributed by atoms with Gasteiger partial charge in [-0.15, -0.1) is 0 Å². The summed E-state index contributed by atoms with van der Waals surface area (Å²) in [5, 5.41) is 10.2. The van der Waals surface area contributed by atoms with Crippen LogP contribution in [-0.2, 0) is 20.4 Å². The third-order valence-corrected chi connectivity index (χ3v) is 2.60. The third kappa shape index (κ3) is 5.36. The van der Waals surface area contributed by atoms with Crippen molar-refractivity contribution in [3.63, 3.8) is 0 Å². The number of benzene rings is 1. The molecule has 1 aromatic rings. The van der Waals surface area contributed by atoms with Crippen LogP contribution in [0.15, 0.2) is 35.0 Å². The Morgan fingerprint density at radius 2 is 2.11 bits per heavy atom. The summed E-state index contributed by atoms with van der Waals surface area (Å²) in [6, 6.07) is 4.70. The minimum Gasteiger partial charge on any atom is -0.382 e. The number of aliphatic hydroxyl groups excluding tert-OH is 1. The number of aliphatic imine (C=N–C) groups is 1. The van der Waals surface area contributed by atoms with Gasteiger partial charge in [0.25, 0.3) is 0 Å². The number of allylic oxidation sites excluding steroid dienone is 1. The number of nitrogens with zero attached hydrogens (tertiary/aromatic N) is 1. The van der Waals surface area contributed by atoms with E-state index in [1.54, 1.807) is 38.3 Å². The molecule has 0 amide bonds. The zero-order valence-corrected chi connectivity index (χ0v) is 13.3. The molecule has 0 fully saturated rings. The number of aliphatic hydroxyl groups is 1. The van der Waals surface area contributed by atoms with Gasteiger partial charge in [-0.05, 0) is 37.5 Å². The van der Waals surface area contributed by atoms with Crippen molar-refractivity contribution in [2.75, 3.05) is 0 Å². The fourth-order valence-corrected chi connectivity index (χ4v) is 1.58. The fraction of sp³-hybridized carbons (Fsp3) is 0.333. The molecule has 0 saturated heterocycles. The van der Waals surface area contributed by atoms with Crippen LogP contribution in [0, 0.1) is 20.2 Å². The van der Waals surface area contributed by atoms with E-state index in [0.29, 0.717) is 16.8 Å². The van der Waals surface area contributed by atoms with Crippen LogP contribution in [0.4, 0.5) is 4.39 Å². The monoisotopic (exact) mass is 356 g/mol. The van der Waals surface area contributed by atoms with Gasteiger partial charge in [0.2, 0.25) is 0 Å². The van der Waals surface area contributed by atoms with Gasteiger partial charge in [-0.2, -0.15) is 0 Å². The molecule has 0 aliphatic rings. The van der Waals surface area contributed by atoms with Gasteiger partial charge in [-0.1, -0.05) is 25.1 Å². The molecule has 110 valence electrons. The van der Waals surface area contributed by atoms with Crippen LogP contribution >= 0.6 is 0 Å². The van der Waals surface area contributed by atoms with Crippen molar-refractivity contribution in [2.45, 2.75) is 33.3 Å². The smallest absolute Gasteiger partial charge is 0.126 e. The van der Waals surface area contributed by atoms with E-state index in [2.05, 4.69) is 4.99 Å². The van der Waals surface area contributed by atoms with E-state index in [-0.39, 0.29) is 33.7 Å². The maximum absolute atomic E-state index is 13.4. The normalized spacial score (nSPS) is 12.8. The maximum Gasteiger partial charge on any atom is 0.126 e. The zero-order valence-electron chi connectivity index (χ0n) is 11.8. The number of hydrogen-bond donors (Lipinski definition) is 1. The van der Waals surface area contributed by atoms with Crippen LogP contribution in [0.1, 0.15) is 37.5 Å². The van der Waals surface area contributed by atoms with Crippen LogP contribution in [0.2, 0.25) is 0 Å². The first-order valence-corrected chi connectivity index (χ1v) is 5.73. The number of rotatable bonds is 4. The molecule has 1 N–H and O–H groups in total. The molecule has 0 saturated carbocycles. The van der Waals surface area contributed by atoms with E-state index in [4.69, 9.17) is 0 Å². The fourth-order valence-electron chi connectivity index (χ4n) is 1.58. The maximum atomic E-state index is 13.4. The molecule has 1 rings (SSSR count). The van der Waals surface area contributed by atoms with Crippen molar-refractivity contribution in [1.29, 1.82) is 0 Å². The topological polar surface area (TPSA) is 32.6 Å². The zero-order chi connectivity index (χ0) is 12.8. The van der Waals surface area contributed by atoms with Crippen LogP contribution in [0.3, 0.4) is 0 Å². The molecule has 0 radical (unpaired) electrons. The van der Waals surface area contributed by atoms with Crippen molar-refractivity contribution in [2.24, 2.45) is 4.99 Å². The molecule has 0 bridgehead atoms. The first kappa shape index (κ1) is 20.5. The molecule has 0 aliphatic carbocycles. The van der Waals surface area contributed by atoms with Crippen molar-refractivity contribution in [3.05, 3.63) is 54.3 Å². The Kier molecular flexibility index (Phi) is 10.8. The summed E-state index contributed by atoms with van der Waals surface area (Å²) in [4.78, 5) is 4.17. The molecule has 2 nitrogen and oxygen atoms in total. The van der Waals surface area contributed by atoms with Gasteiger partial charge in [0.05, 0.1) is 5.70 Å². The summed E-state index contributed by atoms with van der Waals surface area (Å²) in [6.07, 6.45) is 3.39. The van der Waals surface area contributed by atoms with E-state index in [9.17, 15) is 9.50 Å². The Morgan fingerprint density at radius 3 is 2.63 bits per heavy atom. The second-order valence-corrected chi connectivity index (χ2v) is 3.79. The van der Waals surface area contributed by atoms with E-state index < -0.39 is 6.10 Å². The minimum atomic E-state index is -0.876. The van der Waals surface area contributed by atoms with Gasteiger partial charge < -0.3 is 12.5 Å². The van der Waals surface area contributed by atoms with Gasteiger partial charge in [0.1, 0.15) is 11.9 Å². The molecule has 19 heavy (non-hydrogen) atoms. The summed E-state index contributed by atoms with van der Waals surface area (Å²) in [5.41, 5.74) is 1.57. The van der Waals surface area contributed by atoms with Crippen LogP contribution in [-0.4, -0.2) is 11.3 Å². The molecule has 1 atom stereocenters. The molecule has 1 aromatic carbocycles. The summed E-state index contributed by atoms with van der Waals surface area (Å²) in [7, 11) is 0. The third-order valence-electron chi connectivity index (χ3n) is 2.60. The van der Waals surface area contributed by atoms with Crippen molar-refractivity contribution >= 4 is 6.21 Å². The van der Waals surface area contributed by atoms with Gasteiger partial charge in [0, 0.05) is 26.6 Å². The van der Waals surface area contributed by atoms with Crippen molar-refractivity contribution in [1.82, 2.24) is 0 Å². The second kappa shape index (κ2) is 10.0. The van der Waals surface area contributed by atoms with E-state index in [1.807, 2.05) is 6.92 Å². The Morgan fingerprint density at radius 1 is 1.47 bits per heavy atom. The molecule has 0 spiro atoms.